The molecule has 0 unspecified atom stereocenters. The summed E-state index contributed by atoms with van der Waals surface area (Å²) in [6.45, 7) is 4.71. The van der Waals surface area contributed by atoms with Crippen molar-refractivity contribution in [3.63, 3.8) is 0 Å². The van der Waals surface area contributed by atoms with Gasteiger partial charge in [0.05, 0.1) is 11.4 Å². The molecule has 0 N–H and O–H groups in total. The van der Waals surface area contributed by atoms with E-state index in [4.69, 9.17) is 4.42 Å². The second-order valence-corrected chi connectivity index (χ2v) is 16.1. The predicted molar refractivity (Wildman–Crippen MR) is 248 cm³/mol. The maximum Gasteiger partial charge on any atom is 0.135 e. The molecular weight excluding hydrogens is 715 g/mol. The zero-order valence-corrected chi connectivity index (χ0v) is 33.1. The lowest BCUT2D eigenvalue weighted by atomic mass is 9.82. The van der Waals surface area contributed by atoms with Crippen LogP contribution in [0.4, 0.5) is 17.1 Å². The summed E-state index contributed by atoms with van der Waals surface area (Å²) < 4.78 is 6.17. The number of benzene rings is 9. The molecule has 280 valence electrons. The fourth-order valence-electron chi connectivity index (χ4n) is 9.38. The number of hydrogen-bond acceptors (Lipinski definition) is 2. The van der Waals surface area contributed by atoms with Crippen LogP contribution in [0.15, 0.2) is 217 Å². The van der Waals surface area contributed by atoms with Crippen LogP contribution in [0.2, 0.25) is 0 Å². The third-order valence-electron chi connectivity index (χ3n) is 12.3. The largest absolute Gasteiger partial charge is 0.456 e. The number of fused-ring (bicyclic) bond motifs is 6. The molecule has 2 nitrogen and oxygen atoms in total. The van der Waals surface area contributed by atoms with Gasteiger partial charge in [0.15, 0.2) is 0 Å². The summed E-state index contributed by atoms with van der Waals surface area (Å²) in [5.41, 5.74) is 19.9. The Balaban J connectivity index is 1.09. The molecule has 59 heavy (non-hydrogen) atoms. The quantitative estimate of drug-likeness (QED) is 0.161. The van der Waals surface area contributed by atoms with Gasteiger partial charge in [0.25, 0.3) is 0 Å². The summed E-state index contributed by atoms with van der Waals surface area (Å²) in [5, 5.41) is 2.26. The zero-order valence-electron chi connectivity index (χ0n) is 33.1. The Bertz CT molecular complexity index is 3170. The van der Waals surface area contributed by atoms with Crippen LogP contribution in [-0.4, -0.2) is 0 Å². The van der Waals surface area contributed by atoms with E-state index in [0.717, 1.165) is 61.3 Å². The van der Waals surface area contributed by atoms with Gasteiger partial charge in [0.2, 0.25) is 0 Å². The van der Waals surface area contributed by atoms with Crippen molar-refractivity contribution in [1.82, 2.24) is 0 Å². The lowest BCUT2D eigenvalue weighted by Crippen LogP contribution is -2.15. The second kappa shape index (κ2) is 13.9. The van der Waals surface area contributed by atoms with Crippen LogP contribution in [0, 0.1) is 0 Å². The van der Waals surface area contributed by atoms with Crippen molar-refractivity contribution in [2.75, 3.05) is 4.90 Å². The molecule has 0 spiro atoms. The zero-order chi connectivity index (χ0) is 39.5. The van der Waals surface area contributed by atoms with Crippen molar-refractivity contribution in [1.29, 1.82) is 0 Å². The number of hydrogen-bond donors (Lipinski definition) is 0. The monoisotopic (exact) mass is 755 g/mol. The first-order chi connectivity index (χ1) is 29.0. The van der Waals surface area contributed by atoms with E-state index >= 15 is 0 Å². The highest BCUT2D eigenvalue weighted by molar-refractivity contribution is 6.06. The van der Waals surface area contributed by atoms with Gasteiger partial charge in [-0.15, -0.1) is 0 Å². The normalized spacial score (nSPS) is 12.7. The minimum Gasteiger partial charge on any atom is -0.456 e. The number of rotatable bonds is 7. The van der Waals surface area contributed by atoms with Crippen LogP contribution in [0.1, 0.15) is 25.0 Å². The lowest BCUT2D eigenvalue weighted by Gasteiger charge is -2.30. The SMILES string of the molecule is CC1(C)c2ccccc2-c2c(-c3ccccc3N(c3ccc(-c4ccc5oc6ccccc6c5c4)cc3)c3ccccc3-c3ccc(-c4ccccc4)cc3)cccc21. The number of nitrogens with zero attached hydrogens (tertiary/aromatic N) is 1. The lowest BCUT2D eigenvalue weighted by molar-refractivity contribution is 0.660. The molecule has 0 atom stereocenters. The topological polar surface area (TPSA) is 16.4 Å². The van der Waals surface area contributed by atoms with Gasteiger partial charge in [0, 0.05) is 33.0 Å². The van der Waals surface area contributed by atoms with Crippen LogP contribution in [-0.2, 0) is 5.41 Å². The van der Waals surface area contributed by atoms with E-state index in [9.17, 15) is 0 Å². The Hall–Kier alpha value is -7.42. The smallest absolute Gasteiger partial charge is 0.135 e. The summed E-state index contributed by atoms with van der Waals surface area (Å²) in [6, 6.07) is 76.9. The molecule has 9 aromatic carbocycles. The predicted octanol–water partition coefficient (Wildman–Crippen LogP) is 16.0. The van der Waals surface area contributed by atoms with Crippen LogP contribution < -0.4 is 4.90 Å². The van der Waals surface area contributed by atoms with Crippen molar-refractivity contribution in [3.05, 3.63) is 223 Å². The minimum absolute atomic E-state index is 0.101. The summed E-state index contributed by atoms with van der Waals surface area (Å²) in [6.07, 6.45) is 0. The average Bonchev–Trinajstić information content (AvgIpc) is 3.79. The van der Waals surface area contributed by atoms with E-state index in [-0.39, 0.29) is 5.41 Å². The van der Waals surface area contributed by atoms with Gasteiger partial charge in [-0.05, 0) is 98.1 Å². The molecule has 1 aromatic heterocycles. The molecule has 10 aromatic rings. The standard InChI is InChI=1S/C57H41NO/c1-57(2)50-22-10-6-20-48(50)56-47(21-14-23-51(56)57)45-18-8-12-25-53(45)58(52-24-11-7-17-44(52)41-29-27-39(28-30-41)38-15-4-3-5-16-38)43-34-31-40(32-35-43)42-33-36-55-49(37-42)46-19-9-13-26-54(46)59-55/h3-37H,1-2H3. The highest BCUT2D eigenvalue weighted by Gasteiger charge is 2.37. The van der Waals surface area contributed by atoms with Crippen LogP contribution in [0.25, 0.3) is 77.6 Å². The Morgan fingerprint density at radius 2 is 0.881 bits per heavy atom. The molecule has 0 saturated carbocycles. The molecule has 1 aliphatic rings. The third-order valence-corrected chi connectivity index (χ3v) is 12.3. The van der Waals surface area contributed by atoms with Crippen molar-refractivity contribution in [3.8, 4) is 55.6 Å². The molecule has 0 saturated heterocycles. The van der Waals surface area contributed by atoms with E-state index < -0.39 is 0 Å². The van der Waals surface area contributed by atoms with Gasteiger partial charge < -0.3 is 9.32 Å². The first kappa shape index (κ1) is 34.8. The summed E-state index contributed by atoms with van der Waals surface area (Å²) >= 11 is 0. The molecular formula is C57H41NO. The third kappa shape index (κ3) is 5.79. The minimum atomic E-state index is -0.101. The molecule has 1 aliphatic carbocycles. The molecule has 0 radical (unpaired) electrons. The van der Waals surface area contributed by atoms with Crippen molar-refractivity contribution >= 4 is 39.0 Å². The second-order valence-electron chi connectivity index (χ2n) is 16.1. The maximum atomic E-state index is 6.17. The van der Waals surface area contributed by atoms with E-state index in [1.807, 2.05) is 12.1 Å². The summed E-state index contributed by atoms with van der Waals surface area (Å²) in [4.78, 5) is 2.46. The van der Waals surface area contributed by atoms with Crippen molar-refractivity contribution in [2.45, 2.75) is 19.3 Å². The molecule has 0 aliphatic heterocycles. The Labute approximate surface area is 345 Å². The van der Waals surface area contributed by atoms with Crippen LogP contribution >= 0.6 is 0 Å². The Kier molecular flexibility index (Phi) is 8.20. The van der Waals surface area contributed by atoms with Crippen LogP contribution in [0.5, 0.6) is 0 Å². The van der Waals surface area contributed by atoms with Gasteiger partial charge in [-0.1, -0.05) is 184 Å². The first-order valence-corrected chi connectivity index (χ1v) is 20.4. The number of furan rings is 1. The van der Waals surface area contributed by atoms with E-state index in [1.54, 1.807) is 0 Å². The van der Waals surface area contributed by atoms with E-state index in [2.05, 4.69) is 219 Å². The average molecular weight is 756 g/mol. The first-order valence-electron chi connectivity index (χ1n) is 20.4. The van der Waals surface area contributed by atoms with Gasteiger partial charge in [-0.25, -0.2) is 0 Å². The van der Waals surface area contributed by atoms with Gasteiger partial charge in [0.1, 0.15) is 11.2 Å². The summed E-state index contributed by atoms with van der Waals surface area (Å²) in [7, 11) is 0. The maximum absolute atomic E-state index is 6.17. The highest BCUT2D eigenvalue weighted by atomic mass is 16.3. The van der Waals surface area contributed by atoms with Gasteiger partial charge >= 0.3 is 0 Å². The molecule has 0 fully saturated rings. The number of para-hydroxylation sites is 3. The van der Waals surface area contributed by atoms with E-state index in [1.165, 1.54) is 44.5 Å². The molecule has 11 rings (SSSR count). The molecule has 0 amide bonds. The fraction of sp³-hybridized carbons (Fsp3) is 0.0526. The van der Waals surface area contributed by atoms with Crippen molar-refractivity contribution < 1.29 is 4.42 Å². The number of anilines is 3. The van der Waals surface area contributed by atoms with Crippen LogP contribution in [0.3, 0.4) is 0 Å². The molecule has 2 heteroatoms. The molecule has 0 bridgehead atoms. The van der Waals surface area contributed by atoms with Gasteiger partial charge in [-0.3, -0.25) is 0 Å². The fourth-order valence-corrected chi connectivity index (χ4v) is 9.38. The Morgan fingerprint density at radius 3 is 1.68 bits per heavy atom. The van der Waals surface area contributed by atoms with E-state index in [0.29, 0.717) is 0 Å². The Morgan fingerprint density at radius 1 is 0.356 bits per heavy atom. The molecule has 1 heterocycles. The van der Waals surface area contributed by atoms with Gasteiger partial charge in [-0.2, -0.15) is 0 Å². The summed E-state index contributed by atoms with van der Waals surface area (Å²) in [5.74, 6) is 0. The highest BCUT2D eigenvalue weighted by Crippen LogP contribution is 2.54. The van der Waals surface area contributed by atoms with Crippen molar-refractivity contribution in [2.24, 2.45) is 0 Å².